The number of nitrogens with zero attached hydrogens (tertiary/aromatic N) is 10. The molecule has 5 aromatic heterocycles. The van der Waals surface area contributed by atoms with Gasteiger partial charge >= 0.3 is 18.3 Å². The fourth-order valence-corrected chi connectivity index (χ4v) is 20.2. The summed E-state index contributed by atoms with van der Waals surface area (Å²) in [5.74, 6) is 5.97. The Balaban J connectivity index is 0.000000165. The van der Waals surface area contributed by atoms with Crippen molar-refractivity contribution in [2.45, 2.75) is 111 Å². The average Bonchev–Trinajstić information content (AvgIpc) is 1.69. The fourth-order valence-electron chi connectivity index (χ4n) is 17.3. The molecular weight excluding hydrogens is 1980 g/mol. The van der Waals surface area contributed by atoms with Crippen LogP contribution in [0.2, 0.25) is 0 Å². The van der Waals surface area contributed by atoms with E-state index in [4.69, 9.17) is 72.3 Å². The van der Waals surface area contributed by atoms with Crippen molar-refractivity contribution in [3.63, 3.8) is 0 Å². The van der Waals surface area contributed by atoms with Crippen molar-refractivity contribution in [2.75, 3.05) is 124 Å². The van der Waals surface area contributed by atoms with E-state index in [-0.39, 0.29) is 73.9 Å². The maximum atomic E-state index is 12.5. The molecule has 1 aliphatic carbocycles. The summed E-state index contributed by atoms with van der Waals surface area (Å²) in [4.78, 5) is 35.7. The SMILES string of the molecule is C#CCOC(=O)Nc1cccc(-c2c(C#N)c3ccc(OC)cc3n2C(C)C)c1.CCn1c(-c2ccc(NS(=O)(=O)C3CC3)cc2)c(C#N)c2ccc(OCCF)cc21.CCn1c(-c2ccc(NS(=O)(=O)CCCCl)cc2)c(C#N)c2ccc(OCCF)cc21.COCCOC(=O)Nc1cccc(-c2c(C#N)c3ccc(OC)cc3n2C(C)C)c1.COc1ccc2c(C#N)c(-c3cccc(NC(=O)OCCCl)c3)n(C(C)C)c2c1. The van der Waals surface area contributed by atoms with Crippen LogP contribution in [0.1, 0.15) is 121 Å². The molecule has 0 radical (unpaired) electrons. The second-order valence-electron chi connectivity index (χ2n) is 34.5. The normalized spacial score (nSPS) is 11.5. The van der Waals surface area contributed by atoms with Gasteiger partial charge in [-0.05, 0) is 207 Å². The number of terminal acetylenes is 1. The molecule has 0 spiro atoms. The predicted octanol–water partition coefficient (Wildman–Crippen LogP) is 24.8. The van der Waals surface area contributed by atoms with Crippen molar-refractivity contribution in [1.82, 2.24) is 22.8 Å². The third-order valence-electron chi connectivity index (χ3n) is 23.8. The molecule has 5 heterocycles. The molecule has 1 saturated carbocycles. The number of benzene rings is 10. The first-order chi connectivity index (χ1) is 71.9. The lowest BCUT2D eigenvalue weighted by Crippen LogP contribution is -2.17. The van der Waals surface area contributed by atoms with Crippen LogP contribution in [-0.2, 0) is 52.1 Å². The number of nitrogens with one attached hydrogen (secondary N) is 5. The Morgan fingerprint density at radius 2 is 0.738 bits per heavy atom. The zero-order valence-electron chi connectivity index (χ0n) is 84.2. The Bertz CT molecular complexity index is 7890. The van der Waals surface area contributed by atoms with Gasteiger partial charge in [-0.15, -0.1) is 29.6 Å². The second-order valence-corrected chi connectivity index (χ2v) is 39.0. The summed E-state index contributed by atoms with van der Waals surface area (Å²) in [6, 6.07) is 75.6. The Morgan fingerprint density at radius 1 is 0.403 bits per heavy atom. The summed E-state index contributed by atoms with van der Waals surface area (Å²) in [5.41, 5.74) is 17.8. The zero-order valence-corrected chi connectivity index (χ0v) is 87.4. The number of alkyl halides is 4. The van der Waals surface area contributed by atoms with E-state index in [0.717, 1.165) is 128 Å². The third-order valence-corrected chi connectivity index (χ3v) is 27.4. The van der Waals surface area contributed by atoms with E-state index in [1.807, 2.05) is 156 Å². The molecular formula is C112H113Cl2F2N15O16S2. The van der Waals surface area contributed by atoms with Crippen LogP contribution in [0.5, 0.6) is 28.7 Å². The predicted molar refractivity (Wildman–Crippen MR) is 580 cm³/mol. The molecule has 15 aromatic rings. The number of hydrogen-bond acceptors (Lipinski definition) is 21. The number of anilines is 5. The topological polar surface area (TPSA) is 406 Å². The number of aryl methyl sites for hydroxylation is 2. The number of fused-ring (bicyclic) bond motifs is 5. The van der Waals surface area contributed by atoms with Crippen molar-refractivity contribution in [3.05, 3.63) is 240 Å². The fraction of sp³-hybridized carbons (Fsp3) is 0.286. The quantitative estimate of drug-likeness (QED) is 0.0105. The molecule has 3 amide bonds. The highest BCUT2D eigenvalue weighted by Gasteiger charge is 2.36. The summed E-state index contributed by atoms with van der Waals surface area (Å²) < 4.78 is 136. The number of carbonyl (C=O) groups is 3. The van der Waals surface area contributed by atoms with Gasteiger partial charge in [-0.3, -0.25) is 25.4 Å². The summed E-state index contributed by atoms with van der Waals surface area (Å²) in [7, 11) is -0.391. The van der Waals surface area contributed by atoms with Gasteiger partial charge in [0.1, 0.15) is 98.9 Å². The first-order valence-electron chi connectivity index (χ1n) is 47.7. The number of aromatic nitrogens is 5. The number of carbonyl (C=O) groups excluding carboxylic acids is 3. The van der Waals surface area contributed by atoms with Crippen molar-refractivity contribution in [3.8, 4) is 128 Å². The molecule has 31 nitrogen and oxygen atoms in total. The average molecular weight is 2100 g/mol. The summed E-state index contributed by atoms with van der Waals surface area (Å²) in [6.45, 7) is 16.9. The van der Waals surface area contributed by atoms with Crippen LogP contribution < -0.4 is 49.1 Å². The van der Waals surface area contributed by atoms with Gasteiger partial charge in [0.05, 0.1) is 129 Å². The summed E-state index contributed by atoms with van der Waals surface area (Å²) in [6.07, 6.45) is 5.12. The van der Waals surface area contributed by atoms with Gasteiger partial charge in [0.15, 0.2) is 6.61 Å². The van der Waals surface area contributed by atoms with Gasteiger partial charge in [0.25, 0.3) is 0 Å². The van der Waals surface area contributed by atoms with E-state index in [9.17, 15) is 66.3 Å². The lowest BCUT2D eigenvalue weighted by Gasteiger charge is -2.16. The van der Waals surface area contributed by atoms with Crippen molar-refractivity contribution < 1.29 is 82.6 Å². The maximum Gasteiger partial charge on any atom is 0.412 e. The molecule has 0 unspecified atom stereocenters. The number of nitriles is 5. The Hall–Kier alpha value is -16.4. The van der Waals surface area contributed by atoms with Gasteiger partial charge in [0.2, 0.25) is 20.0 Å². The molecule has 0 saturated heterocycles. The molecule has 1 aliphatic rings. The minimum atomic E-state index is -3.47. The van der Waals surface area contributed by atoms with Crippen LogP contribution in [0.3, 0.4) is 0 Å². The number of halogens is 4. The monoisotopic (exact) mass is 2100 g/mol. The molecule has 0 bridgehead atoms. The number of hydrogen-bond donors (Lipinski definition) is 5. The van der Waals surface area contributed by atoms with Crippen LogP contribution in [-0.4, -0.2) is 162 Å². The van der Waals surface area contributed by atoms with Crippen molar-refractivity contribution in [2.24, 2.45) is 0 Å². The van der Waals surface area contributed by atoms with Crippen LogP contribution in [0.4, 0.5) is 51.6 Å². The van der Waals surface area contributed by atoms with Gasteiger partial charge in [-0.1, -0.05) is 66.6 Å². The molecule has 0 aliphatic heterocycles. The first kappa shape index (κ1) is 111. The number of rotatable bonds is 36. The zero-order chi connectivity index (χ0) is 107. The number of sulfonamides is 2. The smallest absolute Gasteiger partial charge is 0.412 e. The molecule has 37 heteroatoms. The molecule has 16 rings (SSSR count). The lowest BCUT2D eigenvalue weighted by atomic mass is 10.1. The highest BCUT2D eigenvalue weighted by molar-refractivity contribution is 7.93. The van der Waals surface area contributed by atoms with Crippen LogP contribution in [0, 0.1) is 69.0 Å². The van der Waals surface area contributed by atoms with Gasteiger partial charge in [0, 0.05) is 147 Å². The Morgan fingerprint density at radius 3 is 1.05 bits per heavy atom. The Labute approximate surface area is 873 Å². The standard InChI is InChI=1S/C23H25N3O4.C23H21N3O3.C22H23ClFN3O3S.C22H22ClN3O3.C22H22FN3O3S/c1-15(2)26-21-13-18(29-4)8-9-19(21)20(14-24)22(26)16-6-5-7-17(12-16)25-23(27)30-11-10-28-3;1-5-11-29-23(27)25-17-8-6-7-16(12-17)22-20(14-24)19-10-9-18(28-4)13-21(19)26(22)15(2)3;1-2-27-21-14-18(30-12-11-24)8-9-19(21)20(15-25)22(27)16-4-6-17(7-5-16)26-31(28,29)13-3-10-23;1-14(2)26-20-12-17(28-3)7-8-18(20)19(13-24)21(26)15-5-4-6-16(11-15)25-22(27)29-10-9-23;1-2-26-21-13-17(29-12-11-23)7-10-19(21)20(14-24)22(26)15-3-5-16(6-4-15)25-30(27,28)18-8-9-18/h5-9,12-13,15H,10-11H2,1-4H3,(H,25,27);1,6-10,12-13,15H,11H2,2-4H3,(H,25,27);4-9,14,26H,2-3,10-13H2,1H3;4-8,11-12,14H,9-10H2,1-3H3,(H,25,27);3-7,10,13,18,25H,2,8-9,11-12H2,1H3. The molecule has 1 fully saturated rings. The number of methoxy groups -OCH3 is 4. The number of amides is 3. The van der Waals surface area contributed by atoms with E-state index in [0.29, 0.717) is 107 Å². The van der Waals surface area contributed by atoms with E-state index >= 15 is 0 Å². The highest BCUT2D eigenvalue weighted by Crippen LogP contribution is 2.45. The lowest BCUT2D eigenvalue weighted by molar-refractivity contribution is 0.107. The van der Waals surface area contributed by atoms with E-state index < -0.39 is 51.7 Å². The minimum Gasteiger partial charge on any atom is -0.497 e. The first-order valence-corrected chi connectivity index (χ1v) is 51.9. The van der Waals surface area contributed by atoms with E-state index in [2.05, 4.69) is 117 Å². The van der Waals surface area contributed by atoms with E-state index in [1.54, 1.807) is 107 Å². The van der Waals surface area contributed by atoms with Crippen LogP contribution in [0.25, 0.3) is 111 Å². The van der Waals surface area contributed by atoms with Crippen LogP contribution >= 0.6 is 23.2 Å². The summed E-state index contributed by atoms with van der Waals surface area (Å²) >= 11 is 11.1. The summed E-state index contributed by atoms with van der Waals surface area (Å²) in [5, 5.41) is 61.4. The van der Waals surface area contributed by atoms with Crippen LogP contribution in [0.15, 0.2) is 212 Å². The van der Waals surface area contributed by atoms with Crippen molar-refractivity contribution in [1.29, 1.82) is 26.3 Å². The molecule has 5 N–H and O–H groups in total. The maximum absolute atomic E-state index is 12.5. The van der Waals surface area contributed by atoms with Gasteiger partial charge in [-0.25, -0.2) is 40.0 Å². The second kappa shape index (κ2) is 52.1. The number of ether oxygens (including phenoxy) is 9. The third kappa shape index (κ3) is 26.7. The minimum absolute atomic E-state index is 0.0193. The van der Waals surface area contributed by atoms with Gasteiger partial charge < -0.3 is 65.5 Å². The van der Waals surface area contributed by atoms with Gasteiger partial charge in [-0.2, -0.15) is 26.3 Å². The molecule has 772 valence electrons. The van der Waals surface area contributed by atoms with Crippen molar-refractivity contribution >= 4 is 144 Å². The molecule has 10 aromatic carbocycles. The molecule has 0 atom stereocenters. The molecule has 149 heavy (non-hydrogen) atoms. The van der Waals surface area contributed by atoms with E-state index in [1.165, 1.54) is 0 Å². The highest BCUT2D eigenvalue weighted by atomic mass is 35.5. The largest absolute Gasteiger partial charge is 0.497 e. The Kier molecular flexibility index (Phi) is 38.9.